The molecule has 2 amide bonds. The van der Waals surface area contributed by atoms with Crippen LogP contribution in [0.5, 0.6) is 0 Å². The molecule has 0 saturated carbocycles. The van der Waals surface area contributed by atoms with Crippen molar-refractivity contribution in [3.8, 4) is 0 Å². The Bertz CT molecular complexity index is 948. The van der Waals surface area contributed by atoms with Gasteiger partial charge >= 0.3 is 6.03 Å². The zero-order valence-electron chi connectivity index (χ0n) is 15.0. The van der Waals surface area contributed by atoms with Gasteiger partial charge in [-0.05, 0) is 31.0 Å². The second-order valence-corrected chi connectivity index (χ2v) is 6.65. The van der Waals surface area contributed by atoms with Crippen molar-refractivity contribution in [2.75, 3.05) is 0 Å². The summed E-state index contributed by atoms with van der Waals surface area (Å²) in [5.41, 5.74) is 2.49. The first-order valence-corrected chi connectivity index (χ1v) is 8.73. The number of H-pyrrole nitrogens is 1. The Kier molecular flexibility index (Phi) is 5.37. The van der Waals surface area contributed by atoms with Gasteiger partial charge in [-0.2, -0.15) is 0 Å². The molecule has 3 rings (SSSR count). The minimum absolute atomic E-state index is 0.0386. The standard InChI is InChI=1S/C21H23N3O2/c1-15(2)22-21(26)24(13-16-8-4-3-5-9-16)14-17-12-20(25)23-19-11-7-6-10-18(17)19/h3-12,15H,13-14H2,1-2H3,(H,22,26)(H,23,25). The molecule has 0 saturated heterocycles. The van der Waals surface area contributed by atoms with E-state index in [4.69, 9.17) is 0 Å². The minimum atomic E-state index is -0.164. The van der Waals surface area contributed by atoms with Crippen LogP contribution in [-0.4, -0.2) is 22.0 Å². The van der Waals surface area contributed by atoms with Crippen LogP contribution in [0.25, 0.3) is 10.9 Å². The predicted molar refractivity (Wildman–Crippen MR) is 104 cm³/mol. The lowest BCUT2D eigenvalue weighted by Gasteiger charge is -2.25. The van der Waals surface area contributed by atoms with E-state index < -0.39 is 0 Å². The van der Waals surface area contributed by atoms with Crippen molar-refractivity contribution in [3.05, 3.63) is 82.1 Å². The highest BCUT2D eigenvalue weighted by Crippen LogP contribution is 2.18. The first-order chi connectivity index (χ1) is 12.5. The molecule has 0 radical (unpaired) electrons. The fourth-order valence-electron chi connectivity index (χ4n) is 2.95. The first-order valence-electron chi connectivity index (χ1n) is 8.73. The Balaban J connectivity index is 1.95. The van der Waals surface area contributed by atoms with Crippen LogP contribution in [-0.2, 0) is 13.1 Å². The van der Waals surface area contributed by atoms with Gasteiger partial charge < -0.3 is 15.2 Å². The number of urea groups is 1. The molecule has 0 spiro atoms. The van der Waals surface area contributed by atoms with E-state index >= 15 is 0 Å². The van der Waals surface area contributed by atoms with E-state index in [0.717, 1.165) is 22.0 Å². The molecule has 0 atom stereocenters. The van der Waals surface area contributed by atoms with Crippen LogP contribution in [0.4, 0.5) is 4.79 Å². The minimum Gasteiger partial charge on any atom is -0.336 e. The summed E-state index contributed by atoms with van der Waals surface area (Å²) in [4.78, 5) is 29.3. The fraction of sp³-hybridized carbons (Fsp3) is 0.238. The number of aromatic amines is 1. The van der Waals surface area contributed by atoms with Gasteiger partial charge in [0.25, 0.3) is 0 Å². The third-order valence-corrected chi connectivity index (χ3v) is 4.11. The number of pyridine rings is 1. The molecule has 0 fully saturated rings. The van der Waals surface area contributed by atoms with Crippen LogP contribution in [0.2, 0.25) is 0 Å². The lowest BCUT2D eigenvalue weighted by molar-refractivity contribution is 0.190. The number of amides is 2. The van der Waals surface area contributed by atoms with Gasteiger partial charge in [0, 0.05) is 36.1 Å². The van der Waals surface area contributed by atoms with Gasteiger partial charge in [0.1, 0.15) is 0 Å². The Morgan fingerprint density at radius 3 is 2.46 bits per heavy atom. The summed E-state index contributed by atoms with van der Waals surface area (Å²) in [6.45, 7) is 4.70. The van der Waals surface area contributed by atoms with Gasteiger partial charge in [-0.1, -0.05) is 48.5 Å². The van der Waals surface area contributed by atoms with E-state index in [9.17, 15) is 9.59 Å². The molecule has 3 aromatic rings. The Hall–Kier alpha value is -3.08. The van der Waals surface area contributed by atoms with Crippen molar-refractivity contribution < 1.29 is 4.79 Å². The lowest BCUT2D eigenvalue weighted by Crippen LogP contribution is -2.42. The average Bonchev–Trinajstić information content (AvgIpc) is 2.61. The molecule has 0 aliphatic rings. The second-order valence-electron chi connectivity index (χ2n) is 6.65. The number of hydrogen-bond acceptors (Lipinski definition) is 2. The summed E-state index contributed by atoms with van der Waals surface area (Å²) in [7, 11) is 0. The molecule has 2 N–H and O–H groups in total. The van der Waals surface area contributed by atoms with Crippen LogP contribution in [0.3, 0.4) is 0 Å². The van der Waals surface area contributed by atoms with E-state index in [1.54, 1.807) is 11.0 Å². The van der Waals surface area contributed by atoms with Gasteiger partial charge in [0.2, 0.25) is 5.56 Å². The highest BCUT2D eigenvalue weighted by atomic mass is 16.2. The fourth-order valence-corrected chi connectivity index (χ4v) is 2.95. The number of nitrogens with zero attached hydrogens (tertiary/aromatic N) is 1. The van der Waals surface area contributed by atoms with Crippen molar-refractivity contribution in [2.24, 2.45) is 0 Å². The molecular formula is C21H23N3O2. The summed E-state index contributed by atoms with van der Waals surface area (Å²) < 4.78 is 0. The van der Waals surface area contributed by atoms with Gasteiger partial charge in [0.15, 0.2) is 0 Å². The number of hydrogen-bond donors (Lipinski definition) is 2. The number of carbonyl (C=O) groups is 1. The summed E-state index contributed by atoms with van der Waals surface area (Å²) in [6, 6.07) is 19.0. The number of nitrogens with one attached hydrogen (secondary N) is 2. The van der Waals surface area contributed by atoms with Crippen LogP contribution < -0.4 is 10.9 Å². The number of benzene rings is 2. The molecule has 0 bridgehead atoms. The van der Waals surface area contributed by atoms with E-state index in [0.29, 0.717) is 13.1 Å². The number of para-hydroxylation sites is 1. The number of aromatic nitrogens is 1. The Morgan fingerprint density at radius 1 is 1.04 bits per heavy atom. The third kappa shape index (κ3) is 4.30. The topological polar surface area (TPSA) is 65.2 Å². The van der Waals surface area contributed by atoms with Crippen LogP contribution in [0.1, 0.15) is 25.0 Å². The zero-order chi connectivity index (χ0) is 18.5. The molecule has 0 aliphatic carbocycles. The maximum atomic E-state index is 12.7. The molecule has 26 heavy (non-hydrogen) atoms. The maximum Gasteiger partial charge on any atom is 0.318 e. The largest absolute Gasteiger partial charge is 0.336 e. The van der Waals surface area contributed by atoms with Gasteiger partial charge in [-0.25, -0.2) is 4.79 Å². The maximum absolute atomic E-state index is 12.7. The molecule has 5 nitrogen and oxygen atoms in total. The zero-order valence-corrected chi connectivity index (χ0v) is 15.0. The highest BCUT2D eigenvalue weighted by molar-refractivity contribution is 5.82. The monoisotopic (exact) mass is 349 g/mol. The van der Waals surface area contributed by atoms with E-state index in [-0.39, 0.29) is 17.6 Å². The third-order valence-electron chi connectivity index (χ3n) is 4.11. The summed E-state index contributed by atoms with van der Waals surface area (Å²) >= 11 is 0. The van der Waals surface area contributed by atoms with Crippen LogP contribution in [0.15, 0.2) is 65.5 Å². The Morgan fingerprint density at radius 2 is 1.73 bits per heavy atom. The van der Waals surface area contributed by atoms with Crippen molar-refractivity contribution in [3.63, 3.8) is 0 Å². The Labute approximate surface area is 152 Å². The number of fused-ring (bicyclic) bond motifs is 1. The predicted octanol–water partition coefficient (Wildman–Crippen LogP) is 3.65. The highest BCUT2D eigenvalue weighted by Gasteiger charge is 2.17. The molecular weight excluding hydrogens is 326 g/mol. The molecule has 1 aromatic heterocycles. The van der Waals surface area contributed by atoms with Gasteiger partial charge in [0.05, 0.1) is 0 Å². The molecule has 5 heteroatoms. The van der Waals surface area contributed by atoms with Crippen LogP contribution >= 0.6 is 0 Å². The van der Waals surface area contributed by atoms with Crippen molar-refractivity contribution >= 4 is 16.9 Å². The summed E-state index contributed by atoms with van der Waals surface area (Å²) in [5.74, 6) is 0. The summed E-state index contributed by atoms with van der Waals surface area (Å²) in [6.07, 6.45) is 0. The van der Waals surface area contributed by atoms with Crippen molar-refractivity contribution in [1.29, 1.82) is 0 Å². The second kappa shape index (κ2) is 7.87. The molecule has 1 heterocycles. The average molecular weight is 349 g/mol. The lowest BCUT2D eigenvalue weighted by atomic mass is 10.1. The first kappa shape index (κ1) is 17.7. The van der Waals surface area contributed by atoms with Gasteiger partial charge in [-0.3, -0.25) is 4.79 Å². The number of carbonyl (C=O) groups excluding carboxylic acids is 1. The van der Waals surface area contributed by atoms with E-state index in [1.165, 1.54) is 0 Å². The number of rotatable bonds is 5. The quantitative estimate of drug-likeness (QED) is 0.738. The molecule has 2 aromatic carbocycles. The van der Waals surface area contributed by atoms with Gasteiger partial charge in [-0.15, -0.1) is 0 Å². The molecule has 0 aliphatic heterocycles. The normalized spacial score (nSPS) is 10.9. The molecule has 134 valence electrons. The smallest absolute Gasteiger partial charge is 0.318 e. The van der Waals surface area contributed by atoms with E-state index in [1.807, 2.05) is 68.4 Å². The SMILES string of the molecule is CC(C)NC(=O)N(Cc1ccccc1)Cc1cc(=O)[nH]c2ccccc12. The summed E-state index contributed by atoms with van der Waals surface area (Å²) in [5, 5.41) is 3.89. The van der Waals surface area contributed by atoms with Crippen LogP contribution in [0, 0.1) is 0 Å². The van der Waals surface area contributed by atoms with Crippen molar-refractivity contribution in [1.82, 2.24) is 15.2 Å². The van der Waals surface area contributed by atoms with Crippen molar-refractivity contribution in [2.45, 2.75) is 33.0 Å². The van der Waals surface area contributed by atoms with E-state index in [2.05, 4.69) is 10.3 Å². The molecule has 0 unspecified atom stereocenters.